The van der Waals surface area contributed by atoms with Crippen LogP contribution in [0.2, 0.25) is 5.28 Å². The maximum Gasteiger partial charge on any atom is 0.243 e. The third-order valence-electron chi connectivity index (χ3n) is 6.10. The van der Waals surface area contributed by atoms with Gasteiger partial charge in [0.1, 0.15) is 5.75 Å². The molecule has 0 N–H and O–H groups in total. The highest BCUT2D eigenvalue weighted by atomic mass is 35.5. The molecule has 2 aromatic heterocycles. The Labute approximate surface area is 215 Å². The number of rotatable bonds is 7. The van der Waals surface area contributed by atoms with E-state index in [4.69, 9.17) is 21.3 Å². The number of aromatic nitrogens is 4. The maximum atomic E-state index is 13.1. The van der Waals surface area contributed by atoms with Crippen LogP contribution in [0.3, 0.4) is 0 Å². The van der Waals surface area contributed by atoms with Crippen LogP contribution >= 0.6 is 11.6 Å². The van der Waals surface area contributed by atoms with Crippen LogP contribution < -0.4 is 4.74 Å². The first-order chi connectivity index (χ1) is 17.3. The van der Waals surface area contributed by atoms with Gasteiger partial charge in [0.05, 0.1) is 41.1 Å². The van der Waals surface area contributed by atoms with Gasteiger partial charge in [0.25, 0.3) is 0 Å². The molecule has 0 spiro atoms. The first-order valence-electron chi connectivity index (χ1n) is 11.5. The molecule has 0 aliphatic carbocycles. The van der Waals surface area contributed by atoms with Crippen LogP contribution in [0, 0.1) is 0 Å². The van der Waals surface area contributed by atoms with Crippen molar-refractivity contribution in [2.75, 3.05) is 7.11 Å². The SMILES string of the molecule is COc1ccc(Cn2cnc(-c3ccccc3)c2-c2ccc3nc(Cl)n(S(=O)(=O)C(C)C)c3c2)cc1. The van der Waals surface area contributed by atoms with Crippen molar-refractivity contribution in [3.63, 3.8) is 0 Å². The van der Waals surface area contributed by atoms with Gasteiger partial charge in [-0.2, -0.15) is 0 Å². The van der Waals surface area contributed by atoms with Crippen LogP contribution in [-0.4, -0.2) is 39.3 Å². The minimum atomic E-state index is -3.72. The van der Waals surface area contributed by atoms with Crippen LogP contribution in [0.25, 0.3) is 33.5 Å². The average Bonchev–Trinajstić information content (AvgIpc) is 3.44. The number of ether oxygens (including phenoxy) is 1. The first-order valence-corrected chi connectivity index (χ1v) is 13.3. The third-order valence-corrected chi connectivity index (χ3v) is 8.52. The Morgan fingerprint density at radius 1 is 0.972 bits per heavy atom. The number of hydrogen-bond acceptors (Lipinski definition) is 5. The van der Waals surface area contributed by atoms with Crippen LogP contribution in [0.5, 0.6) is 5.75 Å². The minimum absolute atomic E-state index is 0.0779. The Kier molecular flexibility index (Phi) is 6.32. The number of halogens is 1. The van der Waals surface area contributed by atoms with Crippen LogP contribution in [0.1, 0.15) is 19.4 Å². The highest BCUT2D eigenvalue weighted by molar-refractivity contribution is 7.90. The molecule has 0 amide bonds. The van der Waals surface area contributed by atoms with Crippen molar-refractivity contribution in [2.24, 2.45) is 0 Å². The number of methoxy groups -OCH3 is 1. The van der Waals surface area contributed by atoms with Gasteiger partial charge in [-0.15, -0.1) is 0 Å². The lowest BCUT2D eigenvalue weighted by molar-refractivity contribution is 0.414. The summed E-state index contributed by atoms with van der Waals surface area (Å²) in [6.45, 7) is 3.82. The number of imidazole rings is 2. The molecule has 9 heteroatoms. The summed E-state index contributed by atoms with van der Waals surface area (Å²) in [6, 6.07) is 23.3. The van der Waals surface area contributed by atoms with E-state index in [0.29, 0.717) is 17.6 Å². The summed E-state index contributed by atoms with van der Waals surface area (Å²) in [4.78, 5) is 9.04. The van der Waals surface area contributed by atoms with Crippen molar-refractivity contribution in [3.8, 4) is 28.3 Å². The van der Waals surface area contributed by atoms with Crippen LogP contribution in [-0.2, 0) is 16.6 Å². The molecular weight excluding hydrogens is 496 g/mol. The van der Waals surface area contributed by atoms with E-state index in [1.54, 1.807) is 33.4 Å². The van der Waals surface area contributed by atoms with Crippen molar-refractivity contribution in [3.05, 3.63) is 90.0 Å². The fraction of sp³-hybridized carbons (Fsp3) is 0.185. The molecule has 0 bridgehead atoms. The van der Waals surface area contributed by atoms with Crippen molar-refractivity contribution in [2.45, 2.75) is 25.6 Å². The molecule has 184 valence electrons. The smallest absolute Gasteiger partial charge is 0.243 e. The lowest BCUT2D eigenvalue weighted by atomic mass is 10.0. The maximum absolute atomic E-state index is 13.1. The van der Waals surface area contributed by atoms with Crippen molar-refractivity contribution in [1.82, 2.24) is 18.5 Å². The zero-order chi connectivity index (χ0) is 25.4. The van der Waals surface area contributed by atoms with E-state index in [2.05, 4.69) is 9.55 Å². The fourth-order valence-corrected chi connectivity index (χ4v) is 5.73. The number of benzene rings is 3. The number of fused-ring (bicyclic) bond motifs is 1. The van der Waals surface area contributed by atoms with Gasteiger partial charge in [-0.25, -0.2) is 22.4 Å². The van der Waals surface area contributed by atoms with E-state index < -0.39 is 15.3 Å². The minimum Gasteiger partial charge on any atom is -0.497 e. The van der Waals surface area contributed by atoms with Gasteiger partial charge in [-0.1, -0.05) is 48.5 Å². The molecule has 7 nitrogen and oxygen atoms in total. The number of hydrogen-bond donors (Lipinski definition) is 0. The van der Waals surface area contributed by atoms with E-state index in [9.17, 15) is 8.42 Å². The zero-order valence-corrected chi connectivity index (χ0v) is 21.7. The van der Waals surface area contributed by atoms with Crippen molar-refractivity contribution < 1.29 is 13.2 Å². The summed E-state index contributed by atoms with van der Waals surface area (Å²) in [5, 5.41) is -0.734. The van der Waals surface area contributed by atoms with Gasteiger partial charge in [-0.3, -0.25) is 0 Å². The lowest BCUT2D eigenvalue weighted by Gasteiger charge is -2.13. The standard InChI is InChI=1S/C27H25ClN4O3S/c1-18(2)36(33,34)32-24-15-21(11-14-23(24)30-27(32)28)26-25(20-7-5-4-6-8-20)29-17-31(26)16-19-9-12-22(35-3)13-10-19/h4-15,17-18H,16H2,1-3H3. The summed E-state index contributed by atoms with van der Waals surface area (Å²) in [6.07, 6.45) is 1.81. The lowest BCUT2D eigenvalue weighted by Crippen LogP contribution is -2.22. The molecule has 36 heavy (non-hydrogen) atoms. The first kappa shape index (κ1) is 24.1. The third kappa shape index (κ3) is 4.27. The monoisotopic (exact) mass is 520 g/mol. The predicted octanol–water partition coefficient (Wildman–Crippen LogP) is 5.86. The number of nitrogens with zero attached hydrogens (tertiary/aromatic N) is 4. The molecule has 0 fully saturated rings. The molecule has 0 unspecified atom stereocenters. The van der Waals surface area contributed by atoms with Crippen molar-refractivity contribution in [1.29, 1.82) is 0 Å². The van der Waals surface area contributed by atoms with Crippen LogP contribution in [0.4, 0.5) is 0 Å². The zero-order valence-electron chi connectivity index (χ0n) is 20.1. The topological polar surface area (TPSA) is 79.0 Å². The fourth-order valence-electron chi connectivity index (χ4n) is 4.16. The Morgan fingerprint density at radius 2 is 1.69 bits per heavy atom. The Hall–Kier alpha value is -3.62. The molecule has 0 atom stereocenters. The Bertz CT molecular complexity index is 1640. The second-order valence-corrected chi connectivity index (χ2v) is 11.4. The largest absolute Gasteiger partial charge is 0.497 e. The van der Waals surface area contributed by atoms with E-state index in [-0.39, 0.29) is 5.28 Å². The van der Waals surface area contributed by atoms with E-state index in [1.807, 2.05) is 66.7 Å². The second kappa shape index (κ2) is 9.44. The second-order valence-electron chi connectivity index (χ2n) is 8.73. The molecule has 5 aromatic rings. The molecular formula is C27H25ClN4O3S. The van der Waals surface area contributed by atoms with E-state index in [0.717, 1.165) is 37.8 Å². The molecule has 0 radical (unpaired) electrons. The molecule has 0 aliphatic heterocycles. The molecule has 3 aromatic carbocycles. The molecule has 2 heterocycles. The average molecular weight is 521 g/mol. The summed E-state index contributed by atoms with van der Waals surface area (Å²) >= 11 is 6.31. The van der Waals surface area contributed by atoms with Crippen molar-refractivity contribution >= 4 is 32.7 Å². The van der Waals surface area contributed by atoms with Gasteiger partial charge in [0, 0.05) is 17.7 Å². The van der Waals surface area contributed by atoms with Gasteiger partial charge in [0.2, 0.25) is 15.3 Å². The molecule has 0 saturated heterocycles. The van der Waals surface area contributed by atoms with E-state index in [1.165, 1.54) is 0 Å². The molecule has 5 rings (SSSR count). The van der Waals surface area contributed by atoms with Gasteiger partial charge in [-0.05, 0) is 55.3 Å². The quantitative estimate of drug-likeness (QED) is 0.268. The van der Waals surface area contributed by atoms with E-state index >= 15 is 0 Å². The normalized spacial score (nSPS) is 11.9. The van der Waals surface area contributed by atoms with Crippen LogP contribution in [0.15, 0.2) is 79.1 Å². The highest BCUT2D eigenvalue weighted by Gasteiger charge is 2.26. The van der Waals surface area contributed by atoms with Gasteiger partial charge >= 0.3 is 0 Å². The van der Waals surface area contributed by atoms with Gasteiger partial charge < -0.3 is 9.30 Å². The van der Waals surface area contributed by atoms with Gasteiger partial charge in [0.15, 0.2) is 0 Å². The summed E-state index contributed by atoms with van der Waals surface area (Å²) in [7, 11) is -2.08. The highest BCUT2D eigenvalue weighted by Crippen LogP contribution is 2.35. The summed E-state index contributed by atoms with van der Waals surface area (Å²) in [5.74, 6) is 0.788. The molecule has 0 saturated carbocycles. The molecule has 0 aliphatic rings. The predicted molar refractivity (Wildman–Crippen MR) is 143 cm³/mol. The summed E-state index contributed by atoms with van der Waals surface area (Å²) in [5.41, 5.74) is 5.45. The summed E-state index contributed by atoms with van der Waals surface area (Å²) < 4.78 is 34.6. The Morgan fingerprint density at radius 3 is 2.36 bits per heavy atom. The Balaban J connectivity index is 1.70.